The highest BCUT2D eigenvalue weighted by Crippen LogP contribution is 2.15. The number of rotatable bonds is 5. The first-order valence-corrected chi connectivity index (χ1v) is 5.73. The Morgan fingerprint density at radius 2 is 2.06 bits per heavy atom. The Labute approximate surface area is 104 Å². The Hall–Kier alpha value is -0.710. The summed E-state index contributed by atoms with van der Waals surface area (Å²) in [5.41, 5.74) is 0.716. The lowest BCUT2D eigenvalue weighted by atomic mass is 10.1. The van der Waals surface area contributed by atoms with Crippen molar-refractivity contribution in [3.63, 3.8) is 0 Å². The highest BCUT2D eigenvalue weighted by molar-refractivity contribution is 9.11. The first kappa shape index (κ1) is 13.4. The number of nitrogens with zero attached hydrogens (tertiary/aromatic N) is 1. The van der Waals surface area contributed by atoms with Gasteiger partial charge in [-0.1, -0.05) is 34.6 Å². The third kappa shape index (κ3) is 4.43. The molecule has 0 saturated carbocycles. The Kier molecular flexibility index (Phi) is 5.12. The summed E-state index contributed by atoms with van der Waals surface area (Å²) in [5, 5.41) is 9.89. The van der Waals surface area contributed by atoms with Crippen molar-refractivity contribution in [3.05, 3.63) is 46.7 Å². The molecule has 0 bridgehead atoms. The molecule has 0 spiro atoms. The van der Waals surface area contributed by atoms with Crippen LogP contribution >= 0.6 is 15.9 Å². The first-order valence-electron chi connectivity index (χ1n) is 4.94. The van der Waals surface area contributed by atoms with E-state index in [9.17, 15) is 9.50 Å². The van der Waals surface area contributed by atoms with Crippen molar-refractivity contribution in [3.8, 4) is 0 Å². The topological polar surface area (TPSA) is 23.5 Å². The number of benzene rings is 1. The zero-order valence-electron chi connectivity index (χ0n) is 9.16. The lowest BCUT2D eigenvalue weighted by molar-refractivity contribution is 0.132. The SMILES string of the molecule is C=C(Br)CN(C)C[C@H](O)c1ccc(F)cc1. The summed E-state index contributed by atoms with van der Waals surface area (Å²) in [6.07, 6.45) is -0.613. The first-order chi connectivity index (χ1) is 7.49. The highest BCUT2D eigenvalue weighted by Gasteiger charge is 2.10. The van der Waals surface area contributed by atoms with Crippen LogP contribution in [0.5, 0.6) is 0 Å². The van der Waals surface area contributed by atoms with Gasteiger partial charge in [0.25, 0.3) is 0 Å². The van der Waals surface area contributed by atoms with Gasteiger partial charge in [-0.15, -0.1) is 0 Å². The van der Waals surface area contributed by atoms with Gasteiger partial charge in [0.2, 0.25) is 0 Å². The van der Waals surface area contributed by atoms with Crippen LogP contribution in [0.15, 0.2) is 35.3 Å². The van der Waals surface area contributed by atoms with E-state index in [-0.39, 0.29) is 5.82 Å². The second-order valence-corrected chi connectivity index (χ2v) is 4.90. The molecule has 0 unspecified atom stereocenters. The van der Waals surface area contributed by atoms with E-state index >= 15 is 0 Å². The molecule has 2 nitrogen and oxygen atoms in total. The van der Waals surface area contributed by atoms with Crippen molar-refractivity contribution in [2.24, 2.45) is 0 Å². The lowest BCUT2D eigenvalue weighted by Gasteiger charge is -2.20. The fourth-order valence-electron chi connectivity index (χ4n) is 1.44. The number of hydrogen-bond acceptors (Lipinski definition) is 2. The maximum absolute atomic E-state index is 12.7. The fourth-order valence-corrected chi connectivity index (χ4v) is 1.87. The molecule has 1 rings (SSSR count). The van der Waals surface area contributed by atoms with E-state index in [1.807, 2.05) is 11.9 Å². The Morgan fingerprint density at radius 3 is 2.56 bits per heavy atom. The quantitative estimate of drug-likeness (QED) is 0.900. The zero-order valence-corrected chi connectivity index (χ0v) is 10.7. The normalized spacial score (nSPS) is 12.8. The van der Waals surface area contributed by atoms with Gasteiger partial charge in [-0.3, -0.25) is 4.90 Å². The predicted octanol–water partition coefficient (Wildman–Crippen LogP) is 2.70. The zero-order chi connectivity index (χ0) is 12.1. The highest BCUT2D eigenvalue weighted by atomic mass is 79.9. The van der Waals surface area contributed by atoms with E-state index in [4.69, 9.17) is 0 Å². The fraction of sp³-hybridized carbons (Fsp3) is 0.333. The van der Waals surface area contributed by atoms with Crippen molar-refractivity contribution in [2.75, 3.05) is 20.1 Å². The third-order valence-corrected chi connectivity index (χ3v) is 2.43. The van der Waals surface area contributed by atoms with Crippen LogP contribution in [0, 0.1) is 5.82 Å². The summed E-state index contributed by atoms with van der Waals surface area (Å²) in [6, 6.07) is 5.89. The summed E-state index contributed by atoms with van der Waals surface area (Å²) >= 11 is 3.26. The van der Waals surface area contributed by atoms with Crippen molar-refractivity contribution in [1.29, 1.82) is 0 Å². The van der Waals surface area contributed by atoms with Crippen LogP contribution in [0.4, 0.5) is 4.39 Å². The van der Waals surface area contributed by atoms with Crippen LogP contribution < -0.4 is 0 Å². The summed E-state index contributed by atoms with van der Waals surface area (Å²) in [5.74, 6) is -0.293. The average Bonchev–Trinajstić information content (AvgIpc) is 2.16. The van der Waals surface area contributed by atoms with Crippen molar-refractivity contribution >= 4 is 15.9 Å². The molecule has 0 heterocycles. The molecular weight excluding hydrogens is 273 g/mol. The number of aliphatic hydroxyl groups is 1. The minimum Gasteiger partial charge on any atom is -0.387 e. The molecule has 0 fully saturated rings. The monoisotopic (exact) mass is 287 g/mol. The van der Waals surface area contributed by atoms with E-state index in [1.165, 1.54) is 12.1 Å². The van der Waals surface area contributed by atoms with Crippen LogP contribution in [-0.2, 0) is 0 Å². The molecule has 0 aliphatic rings. The second kappa shape index (κ2) is 6.13. The van der Waals surface area contributed by atoms with Crippen LogP contribution in [0.1, 0.15) is 11.7 Å². The van der Waals surface area contributed by atoms with Gasteiger partial charge in [-0.2, -0.15) is 0 Å². The molecule has 1 aromatic rings. The summed E-state index contributed by atoms with van der Waals surface area (Å²) in [7, 11) is 1.89. The largest absolute Gasteiger partial charge is 0.387 e. The van der Waals surface area contributed by atoms with Gasteiger partial charge in [0.15, 0.2) is 0 Å². The molecule has 1 aromatic carbocycles. The van der Waals surface area contributed by atoms with E-state index in [1.54, 1.807) is 12.1 Å². The van der Waals surface area contributed by atoms with Gasteiger partial charge in [0.05, 0.1) is 6.10 Å². The molecule has 0 aliphatic carbocycles. The molecule has 0 aromatic heterocycles. The van der Waals surface area contributed by atoms with Gasteiger partial charge in [0, 0.05) is 17.6 Å². The van der Waals surface area contributed by atoms with Crippen LogP contribution in [0.3, 0.4) is 0 Å². The Bertz CT molecular complexity index is 353. The van der Waals surface area contributed by atoms with Crippen molar-refractivity contribution in [1.82, 2.24) is 4.90 Å². The molecule has 0 amide bonds. The number of halogens is 2. The van der Waals surface area contributed by atoms with E-state index in [0.29, 0.717) is 18.7 Å². The summed E-state index contributed by atoms with van der Waals surface area (Å²) < 4.78 is 13.5. The summed E-state index contributed by atoms with van der Waals surface area (Å²) in [6.45, 7) is 4.88. The molecule has 88 valence electrons. The van der Waals surface area contributed by atoms with Gasteiger partial charge in [0.1, 0.15) is 5.82 Å². The third-order valence-electron chi connectivity index (χ3n) is 2.18. The van der Waals surface area contributed by atoms with Gasteiger partial charge in [-0.25, -0.2) is 4.39 Å². The minimum absolute atomic E-state index is 0.293. The van der Waals surface area contributed by atoms with E-state index in [0.717, 1.165) is 4.48 Å². The molecule has 0 aliphatic heterocycles. The smallest absolute Gasteiger partial charge is 0.123 e. The molecule has 0 saturated heterocycles. The van der Waals surface area contributed by atoms with E-state index in [2.05, 4.69) is 22.5 Å². The maximum Gasteiger partial charge on any atom is 0.123 e. The predicted molar refractivity (Wildman–Crippen MR) is 66.9 cm³/mol. The van der Waals surface area contributed by atoms with Gasteiger partial charge < -0.3 is 5.11 Å². The molecule has 1 atom stereocenters. The number of aliphatic hydroxyl groups excluding tert-OH is 1. The standard InChI is InChI=1S/C12H15BrFNO/c1-9(13)7-15(2)8-12(16)10-3-5-11(14)6-4-10/h3-6,12,16H,1,7-8H2,2H3/t12-/m0/s1. The molecule has 0 radical (unpaired) electrons. The average molecular weight is 288 g/mol. The van der Waals surface area contributed by atoms with Crippen LogP contribution in [0.25, 0.3) is 0 Å². The van der Waals surface area contributed by atoms with Crippen molar-refractivity contribution in [2.45, 2.75) is 6.10 Å². The molecule has 1 N–H and O–H groups in total. The van der Waals surface area contributed by atoms with Gasteiger partial charge in [-0.05, 0) is 24.7 Å². The Morgan fingerprint density at radius 1 is 1.50 bits per heavy atom. The molecule has 4 heteroatoms. The van der Waals surface area contributed by atoms with Crippen LogP contribution in [0.2, 0.25) is 0 Å². The van der Waals surface area contributed by atoms with E-state index < -0.39 is 6.10 Å². The van der Waals surface area contributed by atoms with Gasteiger partial charge >= 0.3 is 0 Å². The van der Waals surface area contributed by atoms with Crippen molar-refractivity contribution < 1.29 is 9.50 Å². The minimum atomic E-state index is -0.613. The number of likely N-dealkylation sites (N-methyl/N-ethyl adjacent to an activating group) is 1. The Balaban J connectivity index is 2.54. The van der Waals surface area contributed by atoms with Crippen LogP contribution in [-0.4, -0.2) is 30.1 Å². The number of hydrogen-bond donors (Lipinski definition) is 1. The summed E-state index contributed by atoms with van der Waals surface area (Å²) in [4.78, 5) is 1.94. The lowest BCUT2D eigenvalue weighted by Crippen LogP contribution is -2.25. The molecular formula is C12H15BrFNO. The maximum atomic E-state index is 12.7. The second-order valence-electron chi connectivity index (χ2n) is 3.78. The molecule has 16 heavy (non-hydrogen) atoms.